The number of aromatic nitrogens is 3. The van der Waals surface area contributed by atoms with Crippen LogP contribution in [-0.2, 0) is 30.8 Å². The number of imidazole rings is 1. The largest absolute Gasteiger partial charge is 0.466 e. The summed E-state index contributed by atoms with van der Waals surface area (Å²) in [4.78, 5) is 38.4. The van der Waals surface area contributed by atoms with Gasteiger partial charge in [0.2, 0.25) is 15.9 Å². The van der Waals surface area contributed by atoms with E-state index < -0.39 is 16.1 Å². The highest BCUT2D eigenvalue weighted by molar-refractivity contribution is 14.1. The van der Waals surface area contributed by atoms with Gasteiger partial charge in [0, 0.05) is 38.0 Å². The lowest BCUT2D eigenvalue weighted by molar-refractivity contribution is -0.141. The summed E-state index contributed by atoms with van der Waals surface area (Å²) in [6.45, 7) is 4.67. The first-order valence-corrected chi connectivity index (χ1v) is 15.9. The molecule has 0 spiro atoms. The van der Waals surface area contributed by atoms with Crippen LogP contribution in [0.5, 0.6) is 0 Å². The lowest BCUT2D eigenvalue weighted by Gasteiger charge is -2.34. The zero-order valence-corrected chi connectivity index (χ0v) is 26.2. The summed E-state index contributed by atoms with van der Waals surface area (Å²) in [7, 11) is -4.09. The molecule has 1 aromatic carbocycles. The monoisotopic (exact) mass is 765 g/mol. The van der Waals surface area contributed by atoms with E-state index in [0.29, 0.717) is 49.7 Å². The van der Waals surface area contributed by atoms with Crippen LogP contribution in [0.15, 0.2) is 35.4 Å². The number of amides is 1. The molecule has 204 valence electrons. The molecule has 2 N–H and O–H groups in total. The van der Waals surface area contributed by atoms with Crippen molar-refractivity contribution in [1.29, 1.82) is 0 Å². The Labute approximate surface area is 249 Å². The lowest BCUT2D eigenvalue weighted by Crippen LogP contribution is -2.51. The van der Waals surface area contributed by atoms with Gasteiger partial charge in [0.25, 0.3) is 0 Å². The highest BCUT2D eigenvalue weighted by Crippen LogP contribution is 2.25. The number of carbonyl (C=O) groups is 2. The Morgan fingerprint density at radius 3 is 2.66 bits per heavy atom. The molecule has 38 heavy (non-hydrogen) atoms. The number of aromatic amines is 1. The van der Waals surface area contributed by atoms with Crippen molar-refractivity contribution in [3.8, 4) is 0 Å². The van der Waals surface area contributed by atoms with Gasteiger partial charge in [-0.2, -0.15) is 4.72 Å². The average molecular weight is 765 g/mol. The molecule has 1 atom stereocenters. The van der Waals surface area contributed by atoms with E-state index in [1.807, 2.05) is 19.1 Å². The number of esters is 1. The number of ether oxygens (including phenoxy) is 1. The van der Waals surface area contributed by atoms with Crippen molar-refractivity contribution in [2.75, 3.05) is 19.7 Å². The Balaban J connectivity index is 1.55. The van der Waals surface area contributed by atoms with Crippen molar-refractivity contribution in [2.24, 2.45) is 5.92 Å². The third kappa shape index (κ3) is 7.21. The molecule has 0 radical (unpaired) electrons. The number of aryl methyl sites for hydroxylation is 1. The number of hydrogen-bond donors (Lipinski definition) is 2. The van der Waals surface area contributed by atoms with Crippen LogP contribution in [0, 0.1) is 20.4 Å². The minimum atomic E-state index is -4.09. The molecule has 1 amide bonds. The van der Waals surface area contributed by atoms with Crippen LogP contribution in [0.2, 0.25) is 0 Å². The second kappa shape index (κ2) is 12.6. The molecule has 13 heteroatoms. The minimum absolute atomic E-state index is 0.0332. The Hall–Kier alpha value is -1.85. The first kappa shape index (κ1) is 29.1. The molecule has 3 aromatic rings. The van der Waals surface area contributed by atoms with Crippen LogP contribution in [-0.4, -0.2) is 65.9 Å². The fourth-order valence-corrected chi connectivity index (χ4v) is 7.61. The molecule has 1 aliphatic heterocycles. The van der Waals surface area contributed by atoms with E-state index in [0.717, 1.165) is 24.8 Å². The van der Waals surface area contributed by atoms with Crippen molar-refractivity contribution in [1.82, 2.24) is 24.6 Å². The molecule has 1 saturated heterocycles. The maximum Gasteiger partial charge on any atom is 0.302 e. The van der Waals surface area contributed by atoms with Crippen LogP contribution >= 0.6 is 45.2 Å². The Kier molecular flexibility index (Phi) is 9.62. The number of piperidine rings is 1. The SMILES string of the molecule is CC(=O)OCCC1CCN(C(=O)[C@H](Cc2[nH]c(I)nc2I)NS(=O)(=O)c2cccc3cc(C)cnc23)CC1. The summed E-state index contributed by atoms with van der Waals surface area (Å²) in [6, 6.07) is 5.85. The number of benzene rings is 1. The first-order chi connectivity index (χ1) is 18.0. The van der Waals surface area contributed by atoms with Gasteiger partial charge < -0.3 is 14.6 Å². The van der Waals surface area contributed by atoms with Crippen molar-refractivity contribution < 1.29 is 22.7 Å². The molecule has 3 heterocycles. The van der Waals surface area contributed by atoms with Gasteiger partial charge >= 0.3 is 5.97 Å². The Bertz CT molecular complexity index is 1440. The number of fused-ring (bicyclic) bond motifs is 1. The number of nitrogens with one attached hydrogen (secondary N) is 2. The van der Waals surface area contributed by atoms with Crippen LogP contribution < -0.4 is 4.72 Å². The number of carbonyl (C=O) groups excluding carboxylic acids is 2. The zero-order chi connectivity index (χ0) is 27.4. The number of halogens is 2. The van der Waals surface area contributed by atoms with Crippen molar-refractivity contribution in [3.05, 3.63) is 49.3 Å². The van der Waals surface area contributed by atoms with Gasteiger partial charge in [0.1, 0.15) is 14.6 Å². The van der Waals surface area contributed by atoms with Crippen LogP contribution in [0.1, 0.15) is 37.4 Å². The molecule has 2 aromatic heterocycles. The van der Waals surface area contributed by atoms with E-state index in [1.54, 1.807) is 17.2 Å². The van der Waals surface area contributed by atoms with Crippen LogP contribution in [0.25, 0.3) is 10.9 Å². The van der Waals surface area contributed by atoms with E-state index in [2.05, 4.69) is 64.9 Å². The normalized spacial score (nSPS) is 15.5. The summed E-state index contributed by atoms with van der Waals surface area (Å²) >= 11 is 4.14. The van der Waals surface area contributed by atoms with E-state index >= 15 is 0 Å². The summed E-state index contributed by atoms with van der Waals surface area (Å²) in [5.74, 6) is -0.238. The molecule has 1 fully saturated rings. The van der Waals surface area contributed by atoms with Gasteiger partial charge in [-0.05, 0) is 95.0 Å². The van der Waals surface area contributed by atoms with Crippen LogP contribution in [0.3, 0.4) is 0 Å². The molecular formula is C25H29I2N5O5S. The van der Waals surface area contributed by atoms with E-state index in [-0.39, 0.29) is 23.2 Å². The Morgan fingerprint density at radius 1 is 1.26 bits per heavy atom. The highest BCUT2D eigenvalue weighted by atomic mass is 127. The molecule has 0 aliphatic carbocycles. The molecule has 4 rings (SSSR count). The number of nitrogens with zero attached hydrogens (tertiary/aromatic N) is 3. The van der Waals surface area contributed by atoms with Gasteiger partial charge in [-0.15, -0.1) is 0 Å². The fraction of sp³-hybridized carbons (Fsp3) is 0.440. The number of likely N-dealkylation sites (tertiary alicyclic amines) is 1. The van der Waals surface area contributed by atoms with Crippen molar-refractivity contribution in [3.63, 3.8) is 0 Å². The third-order valence-corrected chi connectivity index (χ3v) is 9.47. The number of para-hydroxylation sites is 1. The second-order valence-electron chi connectivity index (χ2n) is 9.41. The Morgan fingerprint density at radius 2 is 2.00 bits per heavy atom. The first-order valence-electron chi connectivity index (χ1n) is 12.2. The predicted octanol–water partition coefficient (Wildman–Crippen LogP) is 3.56. The minimum Gasteiger partial charge on any atom is -0.466 e. The van der Waals surface area contributed by atoms with Crippen molar-refractivity contribution >= 4 is 78.0 Å². The van der Waals surface area contributed by atoms with Gasteiger partial charge in [0.05, 0.1) is 17.8 Å². The van der Waals surface area contributed by atoms with E-state index in [9.17, 15) is 18.0 Å². The molecule has 0 saturated carbocycles. The predicted molar refractivity (Wildman–Crippen MR) is 159 cm³/mol. The number of sulfonamides is 1. The summed E-state index contributed by atoms with van der Waals surface area (Å²) in [5, 5.41) is 0.712. The van der Waals surface area contributed by atoms with E-state index in [1.165, 1.54) is 13.0 Å². The highest BCUT2D eigenvalue weighted by Gasteiger charge is 2.33. The smallest absolute Gasteiger partial charge is 0.302 e. The number of hydrogen-bond acceptors (Lipinski definition) is 7. The topological polar surface area (TPSA) is 134 Å². The second-order valence-corrected chi connectivity index (χ2v) is 13.1. The van der Waals surface area contributed by atoms with E-state index in [4.69, 9.17) is 4.74 Å². The van der Waals surface area contributed by atoms with Gasteiger partial charge in [-0.1, -0.05) is 12.1 Å². The standard InChI is InChI=1S/C25H29I2N5O5S/c1-15-12-18-4-3-5-21(22(18)28-14-15)38(35,36)31-20(13-19-23(26)30-25(27)29-19)24(34)32-9-6-17(7-10-32)8-11-37-16(2)33/h3-5,12,14,17,20,31H,6-11,13H2,1-2H3,(H,29,30)/t20-/m0/s1. The average Bonchev–Trinajstić information content (AvgIpc) is 3.18. The fourth-order valence-electron chi connectivity index (χ4n) is 4.62. The molecular weight excluding hydrogens is 736 g/mol. The third-order valence-electron chi connectivity index (χ3n) is 6.56. The summed E-state index contributed by atoms with van der Waals surface area (Å²) in [5.41, 5.74) is 1.97. The lowest BCUT2D eigenvalue weighted by atomic mass is 9.93. The molecule has 10 nitrogen and oxygen atoms in total. The van der Waals surface area contributed by atoms with Crippen molar-refractivity contribution in [2.45, 2.75) is 50.5 Å². The van der Waals surface area contributed by atoms with Crippen LogP contribution in [0.4, 0.5) is 0 Å². The van der Waals surface area contributed by atoms with Gasteiger partial charge in [-0.25, -0.2) is 13.4 Å². The molecule has 0 bridgehead atoms. The van der Waals surface area contributed by atoms with Gasteiger partial charge in [-0.3, -0.25) is 14.6 Å². The maximum atomic E-state index is 13.7. The maximum absolute atomic E-state index is 13.7. The number of rotatable bonds is 9. The number of H-pyrrole nitrogens is 1. The molecule has 1 aliphatic rings. The number of pyridine rings is 1. The molecule has 0 unspecified atom stereocenters. The summed E-state index contributed by atoms with van der Waals surface area (Å²) < 4.78 is 36.4. The summed E-state index contributed by atoms with van der Waals surface area (Å²) in [6.07, 6.45) is 4.04. The van der Waals surface area contributed by atoms with Gasteiger partial charge in [0.15, 0.2) is 3.83 Å². The quantitative estimate of drug-likeness (QED) is 0.252. The zero-order valence-electron chi connectivity index (χ0n) is 21.0.